The number of amides is 1. The van der Waals surface area contributed by atoms with Crippen LogP contribution in [-0.4, -0.2) is 35.9 Å². The average molecular weight is 419 g/mol. The molecule has 6 nitrogen and oxygen atoms in total. The van der Waals surface area contributed by atoms with Crippen molar-refractivity contribution in [2.75, 3.05) is 20.2 Å². The highest BCUT2D eigenvalue weighted by molar-refractivity contribution is 5.85. The number of hydrogen-bond donors (Lipinski definition) is 2. The largest absolute Gasteiger partial charge is 0.497 e. The van der Waals surface area contributed by atoms with Gasteiger partial charge in [-0.25, -0.2) is 0 Å². The lowest BCUT2D eigenvalue weighted by Gasteiger charge is -2.19. The van der Waals surface area contributed by atoms with Crippen molar-refractivity contribution in [1.29, 1.82) is 0 Å². The van der Waals surface area contributed by atoms with Gasteiger partial charge in [-0.1, -0.05) is 6.07 Å². The molecule has 0 unspecified atom stereocenters. The van der Waals surface area contributed by atoms with E-state index in [0.717, 1.165) is 11.6 Å². The average Bonchev–Trinajstić information content (AvgIpc) is 3.27. The zero-order chi connectivity index (χ0) is 19.6. The van der Waals surface area contributed by atoms with Gasteiger partial charge in [-0.2, -0.15) is 18.3 Å². The summed E-state index contributed by atoms with van der Waals surface area (Å²) >= 11 is 0. The third kappa shape index (κ3) is 4.77. The van der Waals surface area contributed by atoms with Crippen LogP contribution in [0, 0.1) is 5.92 Å². The first-order valence-corrected chi connectivity index (χ1v) is 8.50. The van der Waals surface area contributed by atoms with Crippen molar-refractivity contribution in [3.63, 3.8) is 0 Å². The molecule has 1 saturated heterocycles. The Labute approximate surface area is 166 Å². The van der Waals surface area contributed by atoms with Gasteiger partial charge in [0.05, 0.1) is 24.8 Å². The quantitative estimate of drug-likeness (QED) is 0.783. The molecule has 1 aromatic heterocycles. The van der Waals surface area contributed by atoms with E-state index in [2.05, 4.69) is 15.7 Å². The number of ether oxygens (including phenoxy) is 1. The van der Waals surface area contributed by atoms with Crippen LogP contribution in [0.2, 0.25) is 0 Å². The van der Waals surface area contributed by atoms with Crippen molar-refractivity contribution in [2.24, 2.45) is 13.0 Å². The molecular formula is C18H22ClF3N4O2. The van der Waals surface area contributed by atoms with Crippen molar-refractivity contribution in [3.05, 3.63) is 47.3 Å². The van der Waals surface area contributed by atoms with Crippen LogP contribution < -0.4 is 15.4 Å². The predicted octanol–water partition coefficient (Wildman–Crippen LogP) is 2.49. The molecule has 28 heavy (non-hydrogen) atoms. The molecule has 0 spiro atoms. The van der Waals surface area contributed by atoms with Gasteiger partial charge >= 0.3 is 6.18 Å². The molecule has 1 aliphatic heterocycles. The summed E-state index contributed by atoms with van der Waals surface area (Å²) in [7, 11) is 3.10. The molecule has 2 aromatic rings. The van der Waals surface area contributed by atoms with Gasteiger partial charge in [0.2, 0.25) is 5.91 Å². The van der Waals surface area contributed by atoms with E-state index >= 15 is 0 Å². The molecule has 3 rings (SSSR count). The van der Waals surface area contributed by atoms with Crippen LogP contribution in [0.25, 0.3) is 0 Å². The standard InChI is InChI=1S/C18H21F3N4O2.ClH/c1-25-10-12(7-24-25)14-8-22-9-15(14)17(26)23-6-11-3-4-13(27-2)5-16(11)18(19,20)21;/h3-5,7,10,14-15,22H,6,8-9H2,1-2H3,(H,23,26);1H/t14-,15+;/m1./s1. The Balaban J connectivity index is 0.00000280. The topological polar surface area (TPSA) is 68.2 Å². The summed E-state index contributed by atoms with van der Waals surface area (Å²) in [5.74, 6) is -0.578. The van der Waals surface area contributed by atoms with Crippen molar-refractivity contribution in [2.45, 2.75) is 18.6 Å². The van der Waals surface area contributed by atoms with Gasteiger partial charge < -0.3 is 15.4 Å². The second-order valence-corrected chi connectivity index (χ2v) is 6.56. The molecule has 0 radical (unpaired) electrons. The minimum absolute atomic E-state index is 0. The zero-order valence-corrected chi connectivity index (χ0v) is 16.2. The number of hydrogen-bond acceptors (Lipinski definition) is 4. The van der Waals surface area contributed by atoms with E-state index in [9.17, 15) is 18.0 Å². The lowest BCUT2D eigenvalue weighted by Crippen LogP contribution is -2.34. The molecule has 10 heteroatoms. The number of nitrogens with one attached hydrogen (secondary N) is 2. The van der Waals surface area contributed by atoms with E-state index in [1.165, 1.54) is 19.2 Å². The van der Waals surface area contributed by atoms with Gasteiger partial charge in [-0.15, -0.1) is 12.4 Å². The number of methoxy groups -OCH3 is 1. The van der Waals surface area contributed by atoms with Crippen molar-refractivity contribution in [1.82, 2.24) is 20.4 Å². The summed E-state index contributed by atoms with van der Waals surface area (Å²) in [4.78, 5) is 12.6. The monoisotopic (exact) mass is 418 g/mol. The summed E-state index contributed by atoms with van der Waals surface area (Å²) < 4.78 is 46.4. The molecule has 154 valence electrons. The van der Waals surface area contributed by atoms with Gasteiger partial charge in [0, 0.05) is 38.8 Å². The third-order valence-corrected chi connectivity index (χ3v) is 4.78. The van der Waals surface area contributed by atoms with Gasteiger partial charge in [0.15, 0.2) is 0 Å². The van der Waals surface area contributed by atoms with Gasteiger partial charge in [0.1, 0.15) is 5.75 Å². The maximum atomic E-state index is 13.3. The first-order valence-electron chi connectivity index (χ1n) is 8.50. The number of aromatic nitrogens is 2. The molecule has 1 fully saturated rings. The number of alkyl halides is 3. The molecule has 2 heterocycles. The second-order valence-electron chi connectivity index (χ2n) is 6.56. The van der Waals surface area contributed by atoms with Gasteiger partial charge in [-0.05, 0) is 23.3 Å². The van der Waals surface area contributed by atoms with Crippen LogP contribution in [0.15, 0.2) is 30.6 Å². The van der Waals surface area contributed by atoms with Crippen LogP contribution in [-0.2, 0) is 24.6 Å². The lowest BCUT2D eigenvalue weighted by molar-refractivity contribution is -0.138. The Hall–Kier alpha value is -2.26. The Morgan fingerprint density at radius 2 is 2.14 bits per heavy atom. The minimum Gasteiger partial charge on any atom is -0.497 e. The third-order valence-electron chi connectivity index (χ3n) is 4.78. The van der Waals surface area contributed by atoms with Crippen LogP contribution in [0.3, 0.4) is 0 Å². The molecule has 1 aromatic carbocycles. The smallest absolute Gasteiger partial charge is 0.416 e. The van der Waals surface area contributed by atoms with Crippen molar-refractivity contribution >= 4 is 18.3 Å². The number of carbonyl (C=O) groups is 1. The second kappa shape index (κ2) is 8.83. The molecule has 0 aliphatic carbocycles. The summed E-state index contributed by atoms with van der Waals surface area (Å²) in [6.45, 7) is 0.897. The fourth-order valence-electron chi connectivity index (χ4n) is 3.35. The first-order chi connectivity index (χ1) is 12.8. The molecular weight excluding hydrogens is 397 g/mol. The van der Waals surface area contributed by atoms with E-state index in [0.29, 0.717) is 13.1 Å². The number of benzene rings is 1. The van der Waals surface area contributed by atoms with E-state index in [1.54, 1.807) is 17.9 Å². The Bertz CT molecular complexity index is 825. The Morgan fingerprint density at radius 1 is 1.39 bits per heavy atom. The normalized spacial score (nSPS) is 19.2. The fourth-order valence-corrected chi connectivity index (χ4v) is 3.35. The Kier molecular flexibility index (Phi) is 6.95. The van der Waals surface area contributed by atoms with E-state index in [-0.39, 0.29) is 48.0 Å². The van der Waals surface area contributed by atoms with Crippen LogP contribution in [0.5, 0.6) is 5.75 Å². The van der Waals surface area contributed by atoms with Gasteiger partial charge in [-0.3, -0.25) is 9.48 Å². The van der Waals surface area contributed by atoms with Crippen LogP contribution in [0.1, 0.15) is 22.6 Å². The summed E-state index contributed by atoms with van der Waals surface area (Å²) in [5.41, 5.74) is 0.124. The minimum atomic E-state index is -4.53. The molecule has 1 aliphatic rings. The first kappa shape index (κ1) is 22.0. The highest BCUT2D eigenvalue weighted by atomic mass is 35.5. The number of halogens is 4. The zero-order valence-electron chi connectivity index (χ0n) is 15.4. The molecule has 0 saturated carbocycles. The van der Waals surface area contributed by atoms with Crippen molar-refractivity contribution < 1.29 is 22.7 Å². The van der Waals surface area contributed by atoms with E-state index in [4.69, 9.17) is 4.74 Å². The SMILES string of the molecule is COc1ccc(CNC(=O)[C@H]2CNC[C@@H]2c2cnn(C)c2)c(C(F)(F)F)c1.Cl. The van der Waals surface area contributed by atoms with Crippen LogP contribution in [0.4, 0.5) is 13.2 Å². The predicted molar refractivity (Wildman–Crippen MR) is 99.4 cm³/mol. The van der Waals surface area contributed by atoms with Crippen molar-refractivity contribution in [3.8, 4) is 5.75 Å². The highest BCUT2D eigenvalue weighted by Crippen LogP contribution is 2.34. The maximum absolute atomic E-state index is 13.3. The molecule has 0 bridgehead atoms. The lowest BCUT2D eigenvalue weighted by atomic mass is 9.90. The van der Waals surface area contributed by atoms with Gasteiger partial charge in [0.25, 0.3) is 0 Å². The van der Waals surface area contributed by atoms with E-state index in [1.807, 2.05) is 6.20 Å². The summed E-state index contributed by atoms with van der Waals surface area (Å²) in [5, 5.41) is 9.94. The fraction of sp³-hybridized carbons (Fsp3) is 0.444. The van der Waals surface area contributed by atoms with E-state index < -0.39 is 11.7 Å². The number of carbonyl (C=O) groups excluding carboxylic acids is 1. The summed E-state index contributed by atoms with van der Waals surface area (Å²) in [6, 6.07) is 3.72. The summed E-state index contributed by atoms with van der Waals surface area (Å²) in [6.07, 6.45) is -0.964. The molecule has 2 atom stereocenters. The Morgan fingerprint density at radius 3 is 2.75 bits per heavy atom. The highest BCUT2D eigenvalue weighted by Gasteiger charge is 2.36. The number of nitrogens with zero attached hydrogens (tertiary/aromatic N) is 2. The number of aryl methyl sites for hydroxylation is 1. The molecule has 2 N–H and O–H groups in total. The van der Waals surface area contributed by atoms with Crippen LogP contribution >= 0.6 is 12.4 Å². The molecule has 1 amide bonds. The maximum Gasteiger partial charge on any atom is 0.416 e. The number of rotatable bonds is 5.